The topological polar surface area (TPSA) is 105 Å². The second-order valence-electron chi connectivity index (χ2n) is 8.09. The second kappa shape index (κ2) is 12.6. The normalized spacial score (nSPS) is 16.8. The average molecular weight is 461 g/mol. The molecule has 1 aliphatic heterocycles. The molecule has 0 radical (unpaired) electrons. The molecule has 0 saturated carbocycles. The van der Waals surface area contributed by atoms with E-state index >= 15 is 0 Å². The summed E-state index contributed by atoms with van der Waals surface area (Å²) in [6, 6.07) is 5.82. The van der Waals surface area contributed by atoms with Crippen molar-refractivity contribution in [3.8, 4) is 0 Å². The van der Waals surface area contributed by atoms with Crippen LogP contribution in [0, 0.1) is 0 Å². The van der Waals surface area contributed by atoms with Gasteiger partial charge in [-0.25, -0.2) is 0 Å². The fraction of sp³-hybridized carbons (Fsp3) is 0.478. The molecule has 2 aromatic heterocycles. The van der Waals surface area contributed by atoms with E-state index < -0.39 is 11.2 Å². The Hall–Kier alpha value is -2.33. The highest BCUT2D eigenvalue weighted by atomic mass is 32.2. The van der Waals surface area contributed by atoms with Gasteiger partial charge < -0.3 is 29.2 Å². The molecule has 1 fully saturated rings. The van der Waals surface area contributed by atoms with Gasteiger partial charge in [0.25, 0.3) is 5.91 Å². The van der Waals surface area contributed by atoms with E-state index in [9.17, 15) is 14.5 Å². The molecule has 3 heterocycles. The largest absolute Gasteiger partial charge is 0.616 e. The van der Waals surface area contributed by atoms with Crippen LogP contribution < -0.4 is 5.32 Å². The van der Waals surface area contributed by atoms with Crippen molar-refractivity contribution in [3.05, 3.63) is 65.6 Å². The van der Waals surface area contributed by atoms with Gasteiger partial charge in [0.2, 0.25) is 0 Å². The standard InChI is InChI=1S/C23H32N4O4S/c1-26-9-11-27(12-10-26)8-5-19-4-7-24-21(14-19)2-3-22(28)15-25-23(29)18-32(30)17-20-6-13-31-16-20/h3-4,6-7,13-14,16,28H,2,5,8-12,15,17-18H2,1H3,(H,25,29). The fourth-order valence-electron chi connectivity index (χ4n) is 3.45. The average Bonchev–Trinajstić information content (AvgIpc) is 3.29. The summed E-state index contributed by atoms with van der Waals surface area (Å²) in [5.74, 6) is -0.155. The number of allylic oxidation sites excluding steroid dienone is 1. The predicted octanol–water partition coefficient (Wildman–Crippen LogP) is 1.51. The van der Waals surface area contributed by atoms with Crippen LogP contribution in [-0.2, 0) is 34.6 Å². The zero-order valence-corrected chi connectivity index (χ0v) is 19.4. The monoisotopic (exact) mass is 460 g/mol. The number of amides is 1. The second-order valence-corrected chi connectivity index (χ2v) is 9.54. The fourth-order valence-corrected chi connectivity index (χ4v) is 4.48. The number of hydrogen-bond donors (Lipinski definition) is 2. The maximum absolute atomic E-state index is 12.0. The molecule has 0 aliphatic carbocycles. The summed E-state index contributed by atoms with van der Waals surface area (Å²) in [5.41, 5.74) is 2.90. The van der Waals surface area contributed by atoms with E-state index in [1.807, 2.05) is 6.07 Å². The zero-order chi connectivity index (χ0) is 22.8. The van der Waals surface area contributed by atoms with E-state index in [2.05, 4.69) is 33.2 Å². The van der Waals surface area contributed by atoms with Crippen molar-refractivity contribution < 1.29 is 18.9 Å². The molecule has 0 aromatic carbocycles. The van der Waals surface area contributed by atoms with E-state index in [4.69, 9.17) is 4.42 Å². The Morgan fingerprint density at radius 2 is 2.12 bits per heavy atom. The Labute approximate surface area is 192 Å². The van der Waals surface area contributed by atoms with E-state index in [1.165, 1.54) is 18.1 Å². The van der Waals surface area contributed by atoms with Crippen molar-refractivity contribution in [2.24, 2.45) is 0 Å². The lowest BCUT2D eigenvalue weighted by molar-refractivity contribution is -0.118. The molecule has 1 amide bonds. The number of likely N-dealkylation sites (N-methyl/N-ethyl adjacent to an activating group) is 1. The minimum Gasteiger partial charge on any atom is -0.616 e. The molecule has 1 aliphatic rings. The van der Waals surface area contributed by atoms with Crippen LogP contribution in [0.15, 0.2) is 53.2 Å². The Morgan fingerprint density at radius 1 is 1.31 bits per heavy atom. The highest BCUT2D eigenvalue weighted by Crippen LogP contribution is 2.09. The maximum atomic E-state index is 12.0. The maximum Gasteiger partial charge on any atom is 0.270 e. The number of furan rings is 1. The van der Waals surface area contributed by atoms with Gasteiger partial charge in [-0.05, 0) is 54.5 Å². The number of piperazine rings is 1. The zero-order valence-electron chi connectivity index (χ0n) is 18.5. The van der Waals surface area contributed by atoms with Crippen LogP contribution in [0.4, 0.5) is 0 Å². The number of rotatable bonds is 11. The van der Waals surface area contributed by atoms with Gasteiger partial charge in [-0.1, -0.05) is 0 Å². The lowest BCUT2D eigenvalue weighted by atomic mass is 10.1. The summed E-state index contributed by atoms with van der Waals surface area (Å²) < 4.78 is 16.9. The number of carbonyl (C=O) groups excluding carboxylic acids is 1. The van der Waals surface area contributed by atoms with Crippen molar-refractivity contribution in [3.63, 3.8) is 0 Å². The Kier molecular flexibility index (Phi) is 9.61. The first-order chi connectivity index (χ1) is 15.5. The van der Waals surface area contributed by atoms with Crippen molar-refractivity contribution in [2.75, 3.05) is 52.1 Å². The minimum atomic E-state index is -1.33. The number of hydrogen-bond acceptors (Lipinski definition) is 7. The minimum absolute atomic E-state index is 0.00480. The van der Waals surface area contributed by atoms with Crippen LogP contribution in [0.3, 0.4) is 0 Å². The number of aromatic nitrogens is 1. The smallest absolute Gasteiger partial charge is 0.270 e. The molecule has 0 bridgehead atoms. The SMILES string of the molecule is CN1CCN(CCc2ccnc(CC=C(O)CNC(=O)C[S+]([O-])Cc3ccoc3)c2)CC1. The van der Waals surface area contributed by atoms with Gasteiger partial charge in [-0.15, -0.1) is 0 Å². The third-order valence-corrected chi connectivity index (χ3v) is 6.65. The summed E-state index contributed by atoms with van der Waals surface area (Å²) in [7, 11) is 2.16. The molecule has 0 spiro atoms. The first-order valence-corrected chi connectivity index (χ1v) is 12.3. The quantitative estimate of drug-likeness (QED) is 0.387. The summed E-state index contributed by atoms with van der Waals surface area (Å²) >= 11 is -1.33. The lowest BCUT2D eigenvalue weighted by Gasteiger charge is -2.32. The van der Waals surface area contributed by atoms with Gasteiger partial charge in [0.15, 0.2) is 5.75 Å². The molecular weight excluding hydrogens is 428 g/mol. The van der Waals surface area contributed by atoms with Gasteiger partial charge in [0.1, 0.15) is 11.5 Å². The Bertz CT molecular complexity index is 867. The van der Waals surface area contributed by atoms with E-state index in [0.29, 0.717) is 6.42 Å². The van der Waals surface area contributed by atoms with E-state index in [-0.39, 0.29) is 29.7 Å². The molecule has 174 valence electrons. The Morgan fingerprint density at radius 3 is 2.88 bits per heavy atom. The van der Waals surface area contributed by atoms with Crippen LogP contribution >= 0.6 is 0 Å². The number of aliphatic hydroxyl groups excluding tert-OH is 1. The number of pyridine rings is 1. The van der Waals surface area contributed by atoms with Gasteiger partial charge in [-0.3, -0.25) is 9.78 Å². The summed E-state index contributed by atoms with van der Waals surface area (Å²) in [5, 5.41) is 12.7. The third-order valence-electron chi connectivity index (χ3n) is 5.41. The number of aliphatic hydroxyl groups is 1. The third kappa shape index (κ3) is 8.66. The van der Waals surface area contributed by atoms with Crippen LogP contribution in [0.5, 0.6) is 0 Å². The first kappa shape index (κ1) is 24.3. The Balaban J connectivity index is 1.37. The molecule has 32 heavy (non-hydrogen) atoms. The number of nitrogens with zero attached hydrogens (tertiary/aromatic N) is 3. The highest BCUT2D eigenvalue weighted by molar-refractivity contribution is 7.91. The number of carbonyl (C=O) groups is 1. The van der Waals surface area contributed by atoms with E-state index in [1.54, 1.807) is 18.3 Å². The molecule has 2 N–H and O–H groups in total. The lowest BCUT2D eigenvalue weighted by Crippen LogP contribution is -2.45. The number of nitrogens with one attached hydrogen (secondary N) is 1. The van der Waals surface area contributed by atoms with Crippen molar-refractivity contribution in [1.29, 1.82) is 0 Å². The summed E-state index contributed by atoms with van der Waals surface area (Å²) in [6.07, 6.45) is 7.93. The van der Waals surface area contributed by atoms with Gasteiger partial charge in [0.05, 0.1) is 19.1 Å². The van der Waals surface area contributed by atoms with E-state index in [0.717, 1.165) is 50.4 Å². The van der Waals surface area contributed by atoms with Crippen molar-refractivity contribution >= 4 is 17.1 Å². The molecule has 9 heteroatoms. The van der Waals surface area contributed by atoms with Crippen LogP contribution in [0.2, 0.25) is 0 Å². The molecule has 8 nitrogen and oxygen atoms in total. The van der Waals surface area contributed by atoms with Crippen molar-refractivity contribution in [2.45, 2.75) is 18.6 Å². The van der Waals surface area contributed by atoms with Crippen LogP contribution in [-0.4, -0.2) is 82.4 Å². The molecule has 1 saturated heterocycles. The van der Waals surface area contributed by atoms with Gasteiger partial charge >= 0.3 is 0 Å². The highest BCUT2D eigenvalue weighted by Gasteiger charge is 2.15. The molecule has 1 atom stereocenters. The predicted molar refractivity (Wildman–Crippen MR) is 125 cm³/mol. The summed E-state index contributed by atoms with van der Waals surface area (Å²) in [6.45, 7) is 5.48. The first-order valence-electron chi connectivity index (χ1n) is 10.8. The van der Waals surface area contributed by atoms with Crippen LogP contribution in [0.1, 0.15) is 16.8 Å². The van der Waals surface area contributed by atoms with Crippen LogP contribution in [0.25, 0.3) is 0 Å². The molecule has 2 aromatic rings. The van der Waals surface area contributed by atoms with Crippen molar-refractivity contribution in [1.82, 2.24) is 20.1 Å². The van der Waals surface area contributed by atoms with Gasteiger partial charge in [-0.2, -0.15) is 0 Å². The van der Waals surface area contributed by atoms with Gasteiger partial charge in [0, 0.05) is 56.6 Å². The summed E-state index contributed by atoms with van der Waals surface area (Å²) in [4.78, 5) is 21.1. The molecule has 1 unspecified atom stereocenters. The molecule has 3 rings (SSSR count). The molecular formula is C23H32N4O4S.